The van der Waals surface area contributed by atoms with Crippen molar-refractivity contribution >= 4 is 11.5 Å². The van der Waals surface area contributed by atoms with Crippen LogP contribution in [0.4, 0.5) is 5.69 Å². The SMILES string of the molecule is COc1ccc(COCC(=O)CC(Nc2ccccc2OC)[C@H](CCCO)OCc2ccccc2)cc1. The van der Waals surface area contributed by atoms with Gasteiger partial charge in [0.1, 0.15) is 18.1 Å². The van der Waals surface area contributed by atoms with Crippen molar-refractivity contribution in [2.24, 2.45) is 0 Å². The minimum Gasteiger partial charge on any atom is -0.497 e. The normalized spacial score (nSPS) is 12.5. The summed E-state index contributed by atoms with van der Waals surface area (Å²) < 4.78 is 22.7. The van der Waals surface area contributed by atoms with Crippen LogP contribution in [0, 0.1) is 0 Å². The number of ether oxygens (including phenoxy) is 4. The summed E-state index contributed by atoms with van der Waals surface area (Å²) in [6.45, 7) is 0.773. The van der Waals surface area contributed by atoms with E-state index in [0.29, 0.717) is 31.8 Å². The molecule has 0 aliphatic heterocycles. The lowest BCUT2D eigenvalue weighted by atomic mass is 9.99. The maximum absolute atomic E-state index is 13.0. The van der Waals surface area contributed by atoms with Gasteiger partial charge in [-0.3, -0.25) is 4.79 Å². The van der Waals surface area contributed by atoms with Gasteiger partial charge in [0.05, 0.1) is 45.3 Å². The van der Waals surface area contributed by atoms with Gasteiger partial charge < -0.3 is 29.4 Å². The Balaban J connectivity index is 1.69. The van der Waals surface area contributed by atoms with E-state index in [0.717, 1.165) is 22.6 Å². The number of methoxy groups -OCH3 is 2. The zero-order chi connectivity index (χ0) is 26.3. The number of rotatable bonds is 17. The molecule has 7 heteroatoms. The van der Waals surface area contributed by atoms with E-state index in [9.17, 15) is 9.90 Å². The average Bonchev–Trinajstić information content (AvgIpc) is 2.94. The number of aliphatic hydroxyl groups is 1. The number of anilines is 1. The van der Waals surface area contributed by atoms with Gasteiger partial charge in [-0.2, -0.15) is 0 Å². The van der Waals surface area contributed by atoms with Crippen LogP contribution < -0.4 is 14.8 Å². The highest BCUT2D eigenvalue weighted by molar-refractivity contribution is 5.81. The van der Waals surface area contributed by atoms with Crippen molar-refractivity contribution in [1.82, 2.24) is 0 Å². The molecule has 2 N–H and O–H groups in total. The summed E-state index contributed by atoms with van der Waals surface area (Å²) in [7, 11) is 3.24. The Hall–Kier alpha value is -3.39. The van der Waals surface area contributed by atoms with E-state index >= 15 is 0 Å². The third-order valence-electron chi connectivity index (χ3n) is 5.99. The molecule has 7 nitrogen and oxygen atoms in total. The number of carbonyl (C=O) groups is 1. The van der Waals surface area contributed by atoms with Gasteiger partial charge in [0.15, 0.2) is 5.78 Å². The lowest BCUT2D eigenvalue weighted by Crippen LogP contribution is -2.38. The number of hydrogen-bond acceptors (Lipinski definition) is 7. The van der Waals surface area contributed by atoms with Crippen LogP contribution in [-0.4, -0.2) is 50.5 Å². The monoisotopic (exact) mass is 507 g/mol. The third-order valence-corrected chi connectivity index (χ3v) is 5.99. The van der Waals surface area contributed by atoms with E-state index < -0.39 is 0 Å². The van der Waals surface area contributed by atoms with Crippen molar-refractivity contribution in [3.05, 3.63) is 90.0 Å². The fourth-order valence-corrected chi connectivity index (χ4v) is 4.02. The molecule has 3 rings (SSSR count). The van der Waals surface area contributed by atoms with E-state index in [4.69, 9.17) is 18.9 Å². The highest BCUT2D eigenvalue weighted by Crippen LogP contribution is 2.27. The summed E-state index contributed by atoms with van der Waals surface area (Å²) in [5, 5.41) is 13.0. The van der Waals surface area contributed by atoms with Gasteiger partial charge in [0, 0.05) is 13.0 Å². The molecule has 0 heterocycles. The Morgan fingerprint density at radius 3 is 2.27 bits per heavy atom. The summed E-state index contributed by atoms with van der Waals surface area (Å²) >= 11 is 0. The fourth-order valence-electron chi connectivity index (χ4n) is 4.02. The van der Waals surface area contributed by atoms with E-state index in [1.807, 2.05) is 78.9 Å². The number of hydrogen-bond donors (Lipinski definition) is 2. The minimum atomic E-state index is -0.344. The molecular weight excluding hydrogens is 470 g/mol. The van der Waals surface area contributed by atoms with Crippen LogP contribution >= 0.6 is 0 Å². The highest BCUT2D eigenvalue weighted by atomic mass is 16.5. The molecule has 0 aromatic heterocycles. The summed E-state index contributed by atoms with van der Waals surface area (Å²) in [4.78, 5) is 13.0. The number of carbonyl (C=O) groups excluding carboxylic acids is 1. The van der Waals surface area contributed by atoms with E-state index in [1.54, 1.807) is 14.2 Å². The fraction of sp³-hybridized carbons (Fsp3) is 0.367. The first-order chi connectivity index (χ1) is 18.1. The Morgan fingerprint density at radius 2 is 1.57 bits per heavy atom. The van der Waals surface area contributed by atoms with Crippen LogP contribution in [0.25, 0.3) is 0 Å². The molecule has 0 radical (unpaired) electrons. The van der Waals surface area contributed by atoms with Gasteiger partial charge in [-0.05, 0) is 48.2 Å². The van der Waals surface area contributed by atoms with Crippen molar-refractivity contribution in [3.63, 3.8) is 0 Å². The first-order valence-corrected chi connectivity index (χ1v) is 12.5. The van der Waals surface area contributed by atoms with Crippen LogP contribution in [0.3, 0.4) is 0 Å². The van der Waals surface area contributed by atoms with Crippen molar-refractivity contribution in [1.29, 1.82) is 0 Å². The second-order valence-corrected chi connectivity index (χ2v) is 8.74. The van der Waals surface area contributed by atoms with Gasteiger partial charge >= 0.3 is 0 Å². The summed E-state index contributed by atoms with van der Waals surface area (Å²) in [6, 6.07) is 24.7. The Bertz CT molecular complexity index is 1060. The number of para-hydroxylation sites is 2. The Morgan fingerprint density at radius 1 is 0.865 bits per heavy atom. The van der Waals surface area contributed by atoms with E-state index in [1.165, 1.54) is 0 Å². The Kier molecular flexibility index (Phi) is 11.9. The molecule has 0 fully saturated rings. The number of aliphatic hydroxyl groups excluding tert-OH is 1. The zero-order valence-corrected chi connectivity index (χ0v) is 21.6. The largest absolute Gasteiger partial charge is 0.497 e. The maximum Gasteiger partial charge on any atom is 0.160 e. The number of ketones is 1. The minimum absolute atomic E-state index is 0.0124. The molecule has 0 amide bonds. The lowest BCUT2D eigenvalue weighted by molar-refractivity contribution is -0.125. The standard InChI is InChI=1S/C30H37NO6/c1-34-26-16-14-24(15-17-26)20-36-22-25(33)19-28(31-27-11-6-7-12-29(27)35-2)30(13-8-18-32)37-21-23-9-4-3-5-10-23/h3-7,9-12,14-17,28,30-32H,8,13,18-22H2,1-2H3/t28?,30-/m0/s1. The summed E-state index contributed by atoms with van der Waals surface area (Å²) in [5.41, 5.74) is 2.78. The maximum atomic E-state index is 13.0. The van der Waals surface area contributed by atoms with Crippen LogP contribution in [0.1, 0.15) is 30.4 Å². The summed E-state index contributed by atoms with van der Waals surface area (Å²) in [5.74, 6) is 1.41. The van der Waals surface area contributed by atoms with Crippen LogP contribution in [-0.2, 0) is 27.5 Å². The van der Waals surface area contributed by atoms with Crippen LogP contribution in [0.15, 0.2) is 78.9 Å². The molecule has 0 spiro atoms. The molecule has 0 aliphatic rings. The van der Waals surface area contributed by atoms with Crippen molar-refractivity contribution in [2.75, 3.05) is 32.8 Å². The molecular formula is C30H37NO6. The molecule has 0 aliphatic carbocycles. The van der Waals surface area contributed by atoms with Crippen molar-refractivity contribution in [2.45, 2.75) is 44.6 Å². The molecule has 2 atom stereocenters. The molecule has 0 bridgehead atoms. The molecule has 0 saturated carbocycles. The predicted molar refractivity (Wildman–Crippen MR) is 144 cm³/mol. The van der Waals surface area contributed by atoms with Gasteiger partial charge in [-0.25, -0.2) is 0 Å². The van der Waals surface area contributed by atoms with E-state index in [2.05, 4.69) is 5.32 Å². The average molecular weight is 508 g/mol. The van der Waals surface area contributed by atoms with E-state index in [-0.39, 0.29) is 37.6 Å². The lowest BCUT2D eigenvalue weighted by Gasteiger charge is -2.29. The number of nitrogens with one attached hydrogen (secondary N) is 1. The quantitative estimate of drug-likeness (QED) is 0.265. The van der Waals surface area contributed by atoms with Gasteiger partial charge in [0.25, 0.3) is 0 Å². The first kappa shape index (κ1) is 28.2. The smallest absolute Gasteiger partial charge is 0.160 e. The first-order valence-electron chi connectivity index (χ1n) is 12.5. The van der Waals surface area contributed by atoms with Crippen LogP contribution in [0.5, 0.6) is 11.5 Å². The molecule has 0 saturated heterocycles. The number of Topliss-reactive ketones (excluding diaryl/α,β-unsaturated/α-hetero) is 1. The second-order valence-electron chi connectivity index (χ2n) is 8.74. The second kappa shape index (κ2) is 15.7. The Labute approximate surface area is 219 Å². The topological polar surface area (TPSA) is 86.3 Å². The van der Waals surface area contributed by atoms with Crippen molar-refractivity contribution < 1.29 is 28.8 Å². The predicted octanol–water partition coefficient (Wildman–Crippen LogP) is 5.02. The van der Waals surface area contributed by atoms with Crippen molar-refractivity contribution in [3.8, 4) is 11.5 Å². The molecule has 37 heavy (non-hydrogen) atoms. The van der Waals surface area contributed by atoms with Gasteiger partial charge in [0.2, 0.25) is 0 Å². The van der Waals surface area contributed by atoms with Gasteiger partial charge in [-0.15, -0.1) is 0 Å². The molecule has 3 aromatic carbocycles. The molecule has 1 unspecified atom stereocenters. The zero-order valence-electron chi connectivity index (χ0n) is 21.6. The summed E-state index contributed by atoms with van der Waals surface area (Å²) in [6.07, 6.45) is 1.04. The molecule has 198 valence electrons. The number of benzene rings is 3. The third kappa shape index (κ3) is 9.53. The highest BCUT2D eigenvalue weighted by Gasteiger charge is 2.26. The molecule has 3 aromatic rings. The van der Waals surface area contributed by atoms with Gasteiger partial charge in [-0.1, -0.05) is 54.6 Å². The van der Waals surface area contributed by atoms with Crippen LogP contribution in [0.2, 0.25) is 0 Å².